The molecule has 3 rings (SSSR count). The molecule has 1 aromatic carbocycles. The van der Waals surface area contributed by atoms with Gasteiger partial charge in [-0.2, -0.15) is 5.10 Å². The molecule has 2 atom stereocenters. The van der Waals surface area contributed by atoms with Crippen molar-refractivity contribution in [3.8, 4) is 5.75 Å². The molecular weight excluding hydrogens is 254 g/mol. The first kappa shape index (κ1) is 13.1. The van der Waals surface area contributed by atoms with Gasteiger partial charge >= 0.3 is 0 Å². The minimum atomic E-state index is 0.0110. The van der Waals surface area contributed by atoms with Gasteiger partial charge in [0.2, 0.25) is 0 Å². The Morgan fingerprint density at radius 3 is 3.10 bits per heavy atom. The van der Waals surface area contributed by atoms with E-state index in [1.165, 1.54) is 5.56 Å². The van der Waals surface area contributed by atoms with Crippen LogP contribution < -0.4 is 16.0 Å². The fourth-order valence-corrected chi connectivity index (χ4v) is 2.64. The molecule has 0 aliphatic carbocycles. The molecule has 1 aliphatic rings. The number of aromatic nitrogens is 3. The van der Waals surface area contributed by atoms with Gasteiger partial charge in [-0.05, 0) is 18.6 Å². The van der Waals surface area contributed by atoms with E-state index >= 15 is 0 Å². The zero-order valence-electron chi connectivity index (χ0n) is 11.5. The van der Waals surface area contributed by atoms with E-state index in [2.05, 4.69) is 21.6 Å². The summed E-state index contributed by atoms with van der Waals surface area (Å²) >= 11 is 0. The van der Waals surface area contributed by atoms with Crippen molar-refractivity contribution in [1.82, 2.24) is 20.2 Å². The molecule has 0 radical (unpaired) electrons. The molecule has 20 heavy (non-hydrogen) atoms. The van der Waals surface area contributed by atoms with Crippen LogP contribution in [0.3, 0.4) is 0 Å². The van der Waals surface area contributed by atoms with Gasteiger partial charge in [-0.25, -0.2) is 4.98 Å². The molecule has 2 unspecified atom stereocenters. The average molecular weight is 273 g/mol. The van der Waals surface area contributed by atoms with Gasteiger partial charge < -0.3 is 4.74 Å². The maximum Gasteiger partial charge on any atom is 0.138 e. The Balaban J connectivity index is 1.73. The van der Waals surface area contributed by atoms with Crippen LogP contribution in [0.15, 0.2) is 30.6 Å². The number of nitrogens with zero attached hydrogens (tertiary/aromatic N) is 3. The molecule has 2 heterocycles. The van der Waals surface area contributed by atoms with Gasteiger partial charge in [0.1, 0.15) is 24.0 Å². The first-order valence-corrected chi connectivity index (χ1v) is 6.89. The monoisotopic (exact) mass is 273 g/mol. The maximum absolute atomic E-state index is 5.98. The van der Waals surface area contributed by atoms with E-state index in [4.69, 9.17) is 10.6 Å². The summed E-state index contributed by atoms with van der Waals surface area (Å²) in [7, 11) is 0. The van der Waals surface area contributed by atoms with Gasteiger partial charge in [-0.3, -0.25) is 16.0 Å². The number of ether oxygens (including phenoxy) is 1. The van der Waals surface area contributed by atoms with Crippen LogP contribution in [-0.4, -0.2) is 26.9 Å². The molecule has 6 nitrogen and oxygen atoms in total. The summed E-state index contributed by atoms with van der Waals surface area (Å²) in [5.74, 6) is 7.59. The normalized spacial score (nSPS) is 18.6. The summed E-state index contributed by atoms with van der Waals surface area (Å²) in [6.45, 7) is 2.85. The molecule has 6 heteroatoms. The van der Waals surface area contributed by atoms with Gasteiger partial charge in [-0.15, -0.1) is 0 Å². The Hall–Kier alpha value is -1.92. The van der Waals surface area contributed by atoms with Gasteiger partial charge in [-0.1, -0.05) is 18.2 Å². The first-order valence-electron chi connectivity index (χ1n) is 6.89. The second-order valence-corrected chi connectivity index (χ2v) is 4.94. The highest BCUT2D eigenvalue weighted by atomic mass is 16.5. The number of hydrogen-bond acceptors (Lipinski definition) is 5. The lowest BCUT2D eigenvalue weighted by molar-refractivity contribution is 0.175. The van der Waals surface area contributed by atoms with Crippen LogP contribution in [0, 0.1) is 0 Å². The summed E-state index contributed by atoms with van der Waals surface area (Å²) in [4.78, 5) is 4.30. The number of para-hydroxylation sites is 1. The molecule has 0 saturated heterocycles. The summed E-state index contributed by atoms with van der Waals surface area (Å²) < 4.78 is 7.86. The van der Waals surface area contributed by atoms with Gasteiger partial charge in [0.05, 0.1) is 6.04 Å². The fourth-order valence-electron chi connectivity index (χ4n) is 2.64. The summed E-state index contributed by atoms with van der Waals surface area (Å²) in [6, 6.07) is 8.12. The van der Waals surface area contributed by atoms with Crippen molar-refractivity contribution in [2.24, 2.45) is 5.84 Å². The van der Waals surface area contributed by atoms with Crippen LogP contribution >= 0.6 is 0 Å². The molecule has 0 bridgehead atoms. The predicted molar refractivity (Wildman–Crippen MR) is 75.1 cm³/mol. The maximum atomic E-state index is 5.98. The molecule has 0 fully saturated rings. The Morgan fingerprint density at radius 1 is 1.50 bits per heavy atom. The second kappa shape index (κ2) is 5.60. The molecule has 106 valence electrons. The molecule has 2 aromatic rings. The van der Waals surface area contributed by atoms with E-state index in [-0.39, 0.29) is 12.1 Å². The van der Waals surface area contributed by atoms with Crippen LogP contribution in [0.4, 0.5) is 0 Å². The predicted octanol–water partition coefficient (Wildman–Crippen LogP) is 0.676. The lowest BCUT2D eigenvalue weighted by Crippen LogP contribution is -2.48. The SMILES string of the molecule is CCn1ncnc1CC(NN)C1Cc2ccccc2O1. The highest BCUT2D eigenvalue weighted by Crippen LogP contribution is 2.29. The van der Waals surface area contributed by atoms with E-state index in [1.807, 2.05) is 29.8 Å². The van der Waals surface area contributed by atoms with Crippen LogP contribution in [-0.2, 0) is 19.4 Å². The number of hydrazine groups is 1. The van der Waals surface area contributed by atoms with E-state index in [9.17, 15) is 0 Å². The number of nitrogens with one attached hydrogen (secondary N) is 1. The molecule has 3 N–H and O–H groups in total. The van der Waals surface area contributed by atoms with E-state index in [1.54, 1.807) is 6.33 Å². The highest BCUT2D eigenvalue weighted by molar-refractivity contribution is 5.37. The van der Waals surface area contributed by atoms with Crippen molar-refractivity contribution in [2.45, 2.75) is 38.5 Å². The number of hydrogen-bond donors (Lipinski definition) is 2. The Labute approximate surface area is 117 Å². The number of rotatable bonds is 5. The minimum absolute atomic E-state index is 0.0110. The van der Waals surface area contributed by atoms with Crippen molar-refractivity contribution in [2.75, 3.05) is 0 Å². The van der Waals surface area contributed by atoms with Crippen LogP contribution in [0.25, 0.3) is 0 Å². The van der Waals surface area contributed by atoms with Crippen molar-refractivity contribution in [3.63, 3.8) is 0 Å². The molecule has 1 aliphatic heterocycles. The summed E-state index contributed by atoms with van der Waals surface area (Å²) in [6.07, 6.45) is 3.17. The third-order valence-corrected chi connectivity index (χ3v) is 3.73. The topological polar surface area (TPSA) is 78.0 Å². The highest BCUT2D eigenvalue weighted by Gasteiger charge is 2.30. The number of aryl methyl sites for hydroxylation is 1. The van der Waals surface area contributed by atoms with E-state index in [0.29, 0.717) is 6.42 Å². The molecule has 0 spiro atoms. The number of benzene rings is 1. The largest absolute Gasteiger partial charge is 0.488 e. The van der Waals surface area contributed by atoms with Crippen molar-refractivity contribution in [3.05, 3.63) is 42.0 Å². The van der Waals surface area contributed by atoms with Crippen molar-refractivity contribution in [1.29, 1.82) is 0 Å². The van der Waals surface area contributed by atoms with E-state index < -0.39 is 0 Å². The van der Waals surface area contributed by atoms with Crippen LogP contribution in [0.1, 0.15) is 18.3 Å². The van der Waals surface area contributed by atoms with E-state index in [0.717, 1.165) is 24.5 Å². The molecule has 0 saturated carbocycles. The van der Waals surface area contributed by atoms with Gasteiger partial charge in [0.25, 0.3) is 0 Å². The van der Waals surface area contributed by atoms with Crippen molar-refractivity contribution >= 4 is 0 Å². The van der Waals surface area contributed by atoms with Crippen LogP contribution in [0.2, 0.25) is 0 Å². The average Bonchev–Trinajstić information content (AvgIpc) is 3.10. The lowest BCUT2D eigenvalue weighted by atomic mass is 10.0. The van der Waals surface area contributed by atoms with Crippen molar-refractivity contribution < 1.29 is 4.74 Å². The fraction of sp³-hybridized carbons (Fsp3) is 0.429. The molecule has 1 aromatic heterocycles. The quantitative estimate of drug-likeness (QED) is 0.618. The zero-order chi connectivity index (χ0) is 13.9. The zero-order valence-corrected chi connectivity index (χ0v) is 11.5. The third kappa shape index (κ3) is 2.39. The lowest BCUT2D eigenvalue weighted by Gasteiger charge is -2.22. The Kier molecular flexibility index (Phi) is 3.66. The Morgan fingerprint density at radius 2 is 2.35 bits per heavy atom. The van der Waals surface area contributed by atoms with Gasteiger partial charge in [0, 0.05) is 19.4 Å². The minimum Gasteiger partial charge on any atom is -0.488 e. The number of nitrogens with two attached hydrogens (primary N) is 1. The third-order valence-electron chi connectivity index (χ3n) is 3.73. The molecule has 0 amide bonds. The standard InChI is InChI=1S/C14H19N5O/c1-2-19-14(16-9-17-19)8-11(18-15)13-7-10-5-3-4-6-12(10)20-13/h3-6,9,11,13,18H,2,7-8,15H2,1H3. The number of fused-ring (bicyclic) bond motifs is 1. The first-order chi connectivity index (χ1) is 9.81. The van der Waals surface area contributed by atoms with Gasteiger partial charge in [0.15, 0.2) is 0 Å². The van der Waals surface area contributed by atoms with Crippen LogP contribution in [0.5, 0.6) is 5.75 Å². The smallest absolute Gasteiger partial charge is 0.138 e. The summed E-state index contributed by atoms with van der Waals surface area (Å²) in [5.41, 5.74) is 4.09. The Bertz CT molecular complexity index is 557. The second-order valence-electron chi connectivity index (χ2n) is 4.94. The summed E-state index contributed by atoms with van der Waals surface area (Å²) in [5, 5.41) is 4.18. The molecular formula is C14H19N5O.